The molecule has 0 spiro atoms. The number of benzene rings is 7. The van der Waals surface area contributed by atoms with Gasteiger partial charge in [0.25, 0.3) is 0 Å². The summed E-state index contributed by atoms with van der Waals surface area (Å²) >= 11 is 0.987. The first kappa shape index (κ1) is 69.2. The summed E-state index contributed by atoms with van der Waals surface area (Å²) in [4.78, 5) is 37.4. The summed E-state index contributed by atoms with van der Waals surface area (Å²) in [5, 5.41) is 0.728. The van der Waals surface area contributed by atoms with Gasteiger partial charge in [-0.3, -0.25) is 0 Å². The van der Waals surface area contributed by atoms with E-state index < -0.39 is 17.9 Å². The third kappa shape index (κ3) is 23.7. The van der Waals surface area contributed by atoms with Crippen molar-refractivity contribution in [3.05, 3.63) is 191 Å². The fourth-order valence-electron chi connectivity index (χ4n) is 7.29. The van der Waals surface area contributed by atoms with Gasteiger partial charge in [-0.25, -0.2) is 4.79 Å². The third-order valence-electron chi connectivity index (χ3n) is 11.0. The monoisotopic (exact) mass is 1400 g/mol. The Labute approximate surface area is 514 Å². The van der Waals surface area contributed by atoms with E-state index in [9.17, 15) is 14.4 Å². The van der Waals surface area contributed by atoms with Crippen molar-refractivity contribution in [3.63, 3.8) is 0 Å². The third-order valence-corrected chi connectivity index (χ3v) is 21.2. The van der Waals surface area contributed by atoms with Gasteiger partial charge in [-0.15, -0.1) is 0 Å². The molecule has 0 fully saturated rings. The minimum absolute atomic E-state index is 0.0251. The fourth-order valence-corrected chi connectivity index (χ4v) is 16.8. The van der Waals surface area contributed by atoms with Gasteiger partial charge in [-0.05, 0) is 25.5 Å². The van der Waals surface area contributed by atoms with E-state index in [1.165, 1.54) is 32.1 Å². The standard InChI is InChI=1S/C25H26O5Se2.C19H22O5Se.C13H18O5.C7H8Se/c1-4-29-24(26)23-21(15-18(28-3)16-22(23)30-17-27-2)25(31-19-11-7-5-8-12-19)32-20-13-9-6-10-14-20;1-4-23-19(20)18-14(12-25-16-8-6-5-7-9-16)10-15(22-3)11-17(18)24-13-21-2;1-5-17-13(14)12-9(2)6-10(16-4)7-11(12)18-8-15-3;1-8-7-5-3-2-4-6-7/h5-16,25H,4,17H2,1-3H3;5-11H,4,12-13H2,1-3H3;6-7H,5,8H2,1-4H3;2-6H,1H3. The zero-order valence-electron chi connectivity index (χ0n) is 48.8. The fraction of sp³-hybridized carbons (Fsp3) is 0.297. The van der Waals surface area contributed by atoms with Gasteiger partial charge in [0.1, 0.15) is 17.1 Å². The molecule has 0 saturated heterocycles. The van der Waals surface area contributed by atoms with Crippen LogP contribution >= 0.6 is 0 Å². The molecule has 0 unspecified atom stereocenters. The maximum atomic E-state index is 13.1. The maximum absolute atomic E-state index is 13.1. The van der Waals surface area contributed by atoms with E-state index in [0.29, 0.717) is 79.4 Å². The van der Waals surface area contributed by atoms with Crippen molar-refractivity contribution in [3.8, 4) is 34.5 Å². The Balaban J connectivity index is 0.000000258. The van der Waals surface area contributed by atoms with Crippen LogP contribution in [0.2, 0.25) is 5.82 Å². The van der Waals surface area contributed by atoms with Crippen molar-refractivity contribution in [2.75, 3.05) is 82.9 Å². The molecule has 0 aliphatic rings. The molecule has 7 aromatic carbocycles. The van der Waals surface area contributed by atoms with E-state index in [2.05, 4.69) is 96.8 Å². The van der Waals surface area contributed by atoms with Crippen LogP contribution in [0.4, 0.5) is 0 Å². The van der Waals surface area contributed by atoms with Gasteiger partial charge in [0, 0.05) is 13.2 Å². The number of ether oxygens (including phenoxy) is 12. The van der Waals surface area contributed by atoms with Crippen LogP contribution in [-0.4, -0.2) is 161 Å². The second-order valence-electron chi connectivity index (χ2n) is 16.7. The van der Waals surface area contributed by atoms with Crippen LogP contribution in [-0.2, 0) is 33.7 Å². The van der Waals surface area contributed by atoms with Gasteiger partial charge < -0.3 is 18.9 Å². The summed E-state index contributed by atoms with van der Waals surface area (Å²) in [6.45, 7) is 8.17. The summed E-state index contributed by atoms with van der Waals surface area (Å²) in [7, 11) is 9.35. The molecule has 444 valence electrons. The van der Waals surface area contributed by atoms with Crippen molar-refractivity contribution in [1.29, 1.82) is 0 Å². The molecular weight excluding hydrogens is 1320 g/mol. The molecule has 0 amide bonds. The number of aryl methyl sites for hydroxylation is 1. The Kier molecular flexibility index (Phi) is 33.4. The van der Waals surface area contributed by atoms with E-state index >= 15 is 0 Å². The predicted molar refractivity (Wildman–Crippen MR) is 329 cm³/mol. The second kappa shape index (κ2) is 40.1. The molecule has 0 heterocycles. The van der Waals surface area contributed by atoms with Gasteiger partial charge in [0.2, 0.25) is 0 Å². The van der Waals surface area contributed by atoms with Crippen molar-refractivity contribution < 1.29 is 71.2 Å². The van der Waals surface area contributed by atoms with E-state index in [4.69, 9.17) is 56.8 Å². The van der Waals surface area contributed by atoms with Crippen LogP contribution in [0.3, 0.4) is 0 Å². The predicted octanol–water partition coefficient (Wildman–Crippen LogP) is 8.52. The summed E-state index contributed by atoms with van der Waals surface area (Å²) in [6, 6.07) is 52.2. The summed E-state index contributed by atoms with van der Waals surface area (Å²) in [5.41, 5.74) is 3.77. The van der Waals surface area contributed by atoms with Gasteiger partial charge in [-0.1, -0.05) is 0 Å². The SMILES string of the molecule is CCOC(=O)c1c(C)cc(OC)cc1OCOC.CCOC(=O)c1c(C[Se]c2ccccc2)cc(OC)cc1OCOC.CCOC(=O)c1c(OCOC)cc(OC)cc1C([Se]c1ccccc1)[Se]c1ccccc1.C[Se]c1ccccc1. The Hall–Kier alpha value is -6.29. The van der Waals surface area contributed by atoms with E-state index in [1.54, 1.807) is 80.4 Å². The zero-order valence-corrected chi connectivity index (χ0v) is 55.6. The van der Waals surface area contributed by atoms with E-state index in [-0.39, 0.29) is 75.6 Å². The average molecular weight is 1400 g/mol. The number of rotatable bonds is 27. The number of esters is 3. The molecule has 0 N–H and O–H groups in total. The number of hydrogen-bond donors (Lipinski definition) is 0. The Morgan fingerprint density at radius 1 is 0.434 bits per heavy atom. The van der Waals surface area contributed by atoms with Crippen LogP contribution in [0.15, 0.2) is 158 Å². The molecule has 0 radical (unpaired) electrons. The molecule has 7 rings (SSSR count). The van der Waals surface area contributed by atoms with Crippen LogP contribution < -0.4 is 46.3 Å². The van der Waals surface area contributed by atoms with Crippen LogP contribution in [0.5, 0.6) is 34.5 Å². The number of carbonyl (C=O) groups is 3. The van der Waals surface area contributed by atoms with E-state index in [0.717, 1.165) is 22.0 Å². The molecule has 19 heteroatoms. The second-order valence-corrected chi connectivity index (χ2v) is 27.2. The average Bonchev–Trinajstić information content (AvgIpc) is 3.56. The molecule has 0 saturated carbocycles. The van der Waals surface area contributed by atoms with Gasteiger partial charge >= 0.3 is 418 Å². The van der Waals surface area contributed by atoms with Crippen LogP contribution in [0, 0.1) is 6.92 Å². The Morgan fingerprint density at radius 2 is 0.795 bits per heavy atom. The molecular formula is C64H74O15Se4. The first-order chi connectivity index (χ1) is 40.4. The molecule has 0 aliphatic heterocycles. The Bertz CT molecular complexity index is 2950. The molecule has 83 heavy (non-hydrogen) atoms. The minimum atomic E-state index is -0.413. The summed E-state index contributed by atoms with van der Waals surface area (Å²) in [6.07, 6.45) is 0. The normalized spacial score (nSPS) is 10.3. The number of carbonyl (C=O) groups excluding carboxylic acids is 3. The van der Waals surface area contributed by atoms with Crippen molar-refractivity contribution >= 4 is 95.6 Å². The van der Waals surface area contributed by atoms with Crippen molar-refractivity contribution in [1.82, 2.24) is 0 Å². The van der Waals surface area contributed by atoms with Crippen molar-refractivity contribution in [2.45, 2.75) is 42.6 Å². The van der Waals surface area contributed by atoms with Gasteiger partial charge in [0.15, 0.2) is 6.79 Å². The Morgan fingerprint density at radius 3 is 1.19 bits per heavy atom. The van der Waals surface area contributed by atoms with E-state index in [1.807, 2.05) is 42.5 Å². The summed E-state index contributed by atoms with van der Waals surface area (Å²) in [5.74, 6) is 4.14. The van der Waals surface area contributed by atoms with Gasteiger partial charge in [-0.2, -0.15) is 0 Å². The summed E-state index contributed by atoms with van der Waals surface area (Å²) < 4.78 is 68.8. The number of hydrogen-bond acceptors (Lipinski definition) is 15. The first-order valence-electron chi connectivity index (χ1n) is 26.1. The quantitative estimate of drug-likeness (QED) is 0.0208. The van der Waals surface area contributed by atoms with Crippen LogP contribution in [0.1, 0.15) is 72.3 Å². The topological polar surface area (TPSA) is 162 Å². The van der Waals surface area contributed by atoms with Crippen LogP contribution in [0.25, 0.3) is 0 Å². The number of methoxy groups -OCH3 is 6. The molecule has 0 bridgehead atoms. The first-order valence-corrected chi connectivity index (χ1v) is 34.4. The molecule has 0 aromatic heterocycles. The molecule has 15 nitrogen and oxygen atoms in total. The molecule has 0 atom stereocenters. The van der Waals surface area contributed by atoms with Crippen molar-refractivity contribution in [2.24, 2.45) is 0 Å². The molecule has 0 aliphatic carbocycles. The van der Waals surface area contributed by atoms with Gasteiger partial charge in [0.05, 0.1) is 13.7 Å². The zero-order chi connectivity index (χ0) is 60.2. The molecule has 7 aromatic rings.